The third-order valence-corrected chi connectivity index (χ3v) is 7.99. The molecule has 21 heavy (non-hydrogen) atoms. The summed E-state index contributed by atoms with van der Waals surface area (Å²) in [6.45, 7) is 3.84. The van der Waals surface area contributed by atoms with E-state index in [1.807, 2.05) is 13.8 Å². The van der Waals surface area contributed by atoms with Crippen LogP contribution in [0.3, 0.4) is 0 Å². The molecule has 0 amide bonds. The number of hydrogen-bond donors (Lipinski definition) is 0. The van der Waals surface area contributed by atoms with Crippen LogP contribution in [0.15, 0.2) is 25.6 Å². The normalized spacial score (nSPS) is 12.2. The molecule has 9 heteroatoms. The molecule has 1 rings (SSSR count). The monoisotopic (exact) mass is 676 g/mol. The third-order valence-electron chi connectivity index (χ3n) is 2.48. The molecule has 0 heterocycles. The Labute approximate surface area is 173 Å². The van der Waals surface area contributed by atoms with Gasteiger partial charge in [0.05, 0.1) is 8.95 Å². The average Bonchev–Trinajstić information content (AvgIpc) is 2.32. The molecule has 0 aliphatic carbocycles. The van der Waals surface area contributed by atoms with Crippen molar-refractivity contribution in [2.75, 3.05) is 5.33 Å². The fraction of sp³-hybridized carbons (Fsp3) is 0.417. The van der Waals surface area contributed by atoms with Gasteiger partial charge < -0.3 is 9.47 Å². The first-order valence-corrected chi connectivity index (χ1v) is 10.6. The maximum Gasteiger partial charge on any atom is 0.516 e. The molecule has 0 radical (unpaired) electrons. The number of hydrogen-bond acceptors (Lipinski definition) is 3. The lowest BCUT2D eigenvalue weighted by Crippen LogP contribution is -2.39. The molecule has 1 aromatic carbocycles. The van der Waals surface area contributed by atoms with E-state index >= 15 is 0 Å². The van der Waals surface area contributed by atoms with Crippen molar-refractivity contribution in [3.05, 3.63) is 25.6 Å². The zero-order chi connectivity index (χ0) is 16.4. The van der Waals surface area contributed by atoms with Crippen LogP contribution in [0.5, 0.6) is 5.75 Å². The lowest BCUT2D eigenvalue weighted by atomic mass is 9.98. The first-order chi connectivity index (χ1) is 9.50. The van der Waals surface area contributed by atoms with E-state index in [1.165, 1.54) is 0 Å². The number of ether oxygens (including phenoxy) is 2. The number of carbonyl (C=O) groups is 1. The standard InChI is InChI=1S/C12H10Br6O3/c1-11(2,5-13)12(17,18)21-10(19)20-9-7(15)3-6(14)4-8(9)16/h3-4H,5H2,1-2H3. The SMILES string of the molecule is CC(C)(CBr)C(Br)(Br)OC(=O)Oc1c(Br)cc(Br)cc1Br. The van der Waals surface area contributed by atoms with Crippen LogP contribution in [0.1, 0.15) is 13.8 Å². The van der Waals surface area contributed by atoms with Gasteiger partial charge in [-0.2, -0.15) is 0 Å². The van der Waals surface area contributed by atoms with E-state index in [9.17, 15) is 4.79 Å². The van der Waals surface area contributed by atoms with Crippen molar-refractivity contribution < 1.29 is 14.3 Å². The summed E-state index contributed by atoms with van der Waals surface area (Å²) in [7, 11) is 0. The van der Waals surface area contributed by atoms with E-state index in [1.54, 1.807) is 12.1 Å². The van der Waals surface area contributed by atoms with Gasteiger partial charge in [-0.15, -0.1) is 0 Å². The Kier molecular flexibility index (Phi) is 7.74. The number of benzene rings is 1. The summed E-state index contributed by atoms with van der Waals surface area (Å²) in [6.07, 6.45) is -0.832. The first kappa shape index (κ1) is 20.4. The Morgan fingerprint density at radius 2 is 1.62 bits per heavy atom. The second kappa shape index (κ2) is 7.96. The molecule has 3 nitrogen and oxygen atoms in total. The van der Waals surface area contributed by atoms with E-state index in [-0.39, 0.29) is 0 Å². The summed E-state index contributed by atoms with van der Waals surface area (Å²) in [4.78, 5) is 12.0. The van der Waals surface area contributed by atoms with E-state index in [2.05, 4.69) is 95.6 Å². The number of halogens is 6. The topological polar surface area (TPSA) is 35.5 Å². The van der Waals surface area contributed by atoms with Gasteiger partial charge in [0.1, 0.15) is 0 Å². The van der Waals surface area contributed by atoms with Crippen LogP contribution in [-0.4, -0.2) is 14.9 Å². The maximum absolute atomic E-state index is 12.0. The number of carbonyl (C=O) groups excluding carboxylic acids is 1. The van der Waals surface area contributed by atoms with Crippen LogP contribution in [-0.2, 0) is 4.74 Å². The molecule has 0 bridgehead atoms. The second-order valence-electron chi connectivity index (χ2n) is 4.69. The Morgan fingerprint density at radius 1 is 1.14 bits per heavy atom. The van der Waals surface area contributed by atoms with Gasteiger partial charge in [0.2, 0.25) is 3.42 Å². The van der Waals surface area contributed by atoms with Crippen molar-refractivity contribution in [1.82, 2.24) is 0 Å². The minimum atomic E-state index is -1.05. The minimum absolute atomic E-state index is 0.343. The van der Waals surface area contributed by atoms with Crippen LogP contribution < -0.4 is 4.74 Å². The molecule has 0 aliphatic rings. The highest BCUT2D eigenvalue weighted by atomic mass is 79.9. The van der Waals surface area contributed by atoms with Gasteiger partial charge in [-0.05, 0) is 75.9 Å². The van der Waals surface area contributed by atoms with Crippen molar-refractivity contribution >= 4 is 102 Å². The fourth-order valence-corrected chi connectivity index (χ4v) is 5.16. The molecular formula is C12H10Br6O3. The van der Waals surface area contributed by atoms with Gasteiger partial charge in [-0.25, -0.2) is 4.79 Å². The summed E-state index contributed by atoms with van der Waals surface area (Å²) in [6, 6.07) is 3.54. The minimum Gasteiger partial charge on any atom is -0.405 e. The molecule has 0 aliphatic heterocycles. The largest absolute Gasteiger partial charge is 0.516 e. The van der Waals surface area contributed by atoms with Crippen LogP contribution in [0.2, 0.25) is 0 Å². The molecule has 0 aromatic heterocycles. The Bertz CT molecular complexity index is 521. The summed E-state index contributed by atoms with van der Waals surface area (Å²) in [5.41, 5.74) is -0.403. The highest BCUT2D eigenvalue weighted by Gasteiger charge is 2.44. The Hall–Kier alpha value is 1.37. The summed E-state index contributed by atoms with van der Waals surface area (Å²) in [5, 5.41) is 0.607. The first-order valence-electron chi connectivity index (χ1n) is 5.49. The highest BCUT2D eigenvalue weighted by molar-refractivity contribution is 9.25. The molecule has 0 spiro atoms. The van der Waals surface area contributed by atoms with Gasteiger partial charge in [0.25, 0.3) is 0 Å². The molecule has 0 saturated heterocycles. The van der Waals surface area contributed by atoms with Gasteiger partial charge in [-0.3, -0.25) is 0 Å². The van der Waals surface area contributed by atoms with E-state index in [0.717, 1.165) is 4.47 Å². The van der Waals surface area contributed by atoms with Crippen molar-refractivity contribution in [1.29, 1.82) is 0 Å². The van der Waals surface area contributed by atoms with Crippen molar-refractivity contribution in [3.63, 3.8) is 0 Å². The van der Waals surface area contributed by atoms with Crippen molar-refractivity contribution in [2.45, 2.75) is 17.3 Å². The summed E-state index contributed by atoms with van der Waals surface area (Å²) in [5.74, 6) is 0.343. The van der Waals surface area contributed by atoms with Gasteiger partial charge in [0.15, 0.2) is 5.75 Å². The molecule has 0 N–H and O–H groups in total. The predicted octanol–water partition coefficient (Wildman–Crippen LogP) is 7.35. The van der Waals surface area contributed by atoms with Crippen LogP contribution in [0, 0.1) is 5.41 Å². The zero-order valence-electron chi connectivity index (χ0n) is 10.9. The zero-order valence-corrected chi connectivity index (χ0v) is 20.4. The quantitative estimate of drug-likeness (QED) is 0.190. The molecular weight excluding hydrogens is 672 g/mol. The molecule has 0 saturated carbocycles. The van der Waals surface area contributed by atoms with E-state index < -0.39 is 15.0 Å². The number of alkyl halides is 3. The second-order valence-corrected chi connectivity index (χ2v) is 11.2. The van der Waals surface area contributed by atoms with Crippen LogP contribution in [0.25, 0.3) is 0 Å². The van der Waals surface area contributed by atoms with Gasteiger partial charge in [0, 0.05) is 15.2 Å². The van der Waals surface area contributed by atoms with E-state index in [4.69, 9.17) is 9.47 Å². The van der Waals surface area contributed by atoms with Crippen LogP contribution in [0.4, 0.5) is 4.79 Å². The molecule has 1 aromatic rings. The summed E-state index contributed by atoms with van der Waals surface area (Å²) >= 11 is 20.1. The third kappa shape index (κ3) is 5.45. The Balaban J connectivity index is 2.89. The fourth-order valence-electron chi connectivity index (χ4n) is 1.05. The van der Waals surface area contributed by atoms with E-state index in [0.29, 0.717) is 20.0 Å². The average molecular weight is 682 g/mol. The summed E-state index contributed by atoms with van der Waals surface area (Å²) < 4.78 is 11.6. The van der Waals surface area contributed by atoms with Crippen LogP contribution >= 0.6 is 95.6 Å². The molecule has 0 atom stereocenters. The molecule has 118 valence electrons. The van der Waals surface area contributed by atoms with Crippen molar-refractivity contribution in [2.24, 2.45) is 5.41 Å². The van der Waals surface area contributed by atoms with Crippen molar-refractivity contribution in [3.8, 4) is 5.75 Å². The number of rotatable bonds is 4. The highest BCUT2D eigenvalue weighted by Crippen LogP contribution is 2.46. The smallest absolute Gasteiger partial charge is 0.405 e. The molecule has 0 fully saturated rings. The lowest BCUT2D eigenvalue weighted by molar-refractivity contribution is 0.0430. The lowest BCUT2D eigenvalue weighted by Gasteiger charge is -2.35. The predicted molar refractivity (Wildman–Crippen MR) is 105 cm³/mol. The molecule has 0 unspecified atom stereocenters. The van der Waals surface area contributed by atoms with Gasteiger partial charge in [-0.1, -0.05) is 45.7 Å². The maximum atomic E-state index is 12.0. The van der Waals surface area contributed by atoms with Gasteiger partial charge >= 0.3 is 6.16 Å². The Morgan fingerprint density at radius 3 is 2.05 bits per heavy atom.